The predicted molar refractivity (Wildman–Crippen MR) is 107 cm³/mol. The van der Waals surface area contributed by atoms with Gasteiger partial charge in [-0.1, -0.05) is 35.3 Å². The fourth-order valence-corrected chi connectivity index (χ4v) is 3.01. The zero-order valence-electron chi connectivity index (χ0n) is 14.5. The van der Waals surface area contributed by atoms with E-state index >= 15 is 0 Å². The number of carbonyl (C=O) groups excluding carboxylic acids is 2. The minimum absolute atomic E-state index is 0.0355. The molecule has 0 unspecified atom stereocenters. The van der Waals surface area contributed by atoms with Crippen molar-refractivity contribution < 1.29 is 14.3 Å². The summed E-state index contributed by atoms with van der Waals surface area (Å²) in [6, 6.07) is 12.0. The Bertz CT molecular complexity index is 860. The minimum atomic E-state index is -0.307. The van der Waals surface area contributed by atoms with Gasteiger partial charge in [0.25, 0.3) is 5.91 Å². The third-order valence-electron chi connectivity index (χ3n) is 4.09. The molecule has 7 heteroatoms. The van der Waals surface area contributed by atoms with Crippen LogP contribution in [0.3, 0.4) is 0 Å². The molecule has 0 radical (unpaired) electrons. The van der Waals surface area contributed by atoms with Gasteiger partial charge in [0.15, 0.2) is 0 Å². The molecule has 5 nitrogen and oxygen atoms in total. The number of benzene rings is 2. The number of morpholine rings is 1. The molecule has 2 aromatic rings. The SMILES string of the molecule is O=C(/C=C/c1cccc(Cl)c1Cl)Nc1ccc(C(=O)N2CCOCC2)cc1. The normalized spacial score (nSPS) is 14.4. The van der Waals surface area contributed by atoms with Crippen molar-refractivity contribution in [3.63, 3.8) is 0 Å². The van der Waals surface area contributed by atoms with Crippen LogP contribution in [0.5, 0.6) is 0 Å². The summed E-state index contributed by atoms with van der Waals surface area (Å²) in [6.45, 7) is 2.30. The second kappa shape index (κ2) is 9.04. The average molecular weight is 405 g/mol. The molecule has 1 heterocycles. The van der Waals surface area contributed by atoms with Gasteiger partial charge >= 0.3 is 0 Å². The van der Waals surface area contributed by atoms with Crippen molar-refractivity contribution in [1.29, 1.82) is 0 Å². The summed E-state index contributed by atoms with van der Waals surface area (Å²) in [5.41, 5.74) is 1.84. The largest absolute Gasteiger partial charge is 0.378 e. The zero-order valence-corrected chi connectivity index (χ0v) is 16.0. The van der Waals surface area contributed by atoms with Gasteiger partial charge in [-0.25, -0.2) is 0 Å². The molecular weight excluding hydrogens is 387 g/mol. The number of halogens is 2. The summed E-state index contributed by atoms with van der Waals surface area (Å²) in [5, 5.41) is 3.57. The number of anilines is 1. The van der Waals surface area contributed by atoms with Crippen molar-refractivity contribution in [3.05, 3.63) is 69.7 Å². The Balaban J connectivity index is 1.60. The maximum atomic E-state index is 12.4. The Morgan fingerprint density at radius 2 is 1.74 bits per heavy atom. The van der Waals surface area contributed by atoms with Gasteiger partial charge in [-0.2, -0.15) is 0 Å². The van der Waals surface area contributed by atoms with E-state index in [9.17, 15) is 9.59 Å². The fourth-order valence-electron chi connectivity index (χ4n) is 2.64. The Morgan fingerprint density at radius 1 is 1.04 bits per heavy atom. The maximum absolute atomic E-state index is 12.4. The van der Waals surface area contributed by atoms with E-state index in [1.54, 1.807) is 53.4 Å². The van der Waals surface area contributed by atoms with Crippen molar-refractivity contribution >= 4 is 46.8 Å². The maximum Gasteiger partial charge on any atom is 0.254 e. The zero-order chi connectivity index (χ0) is 19.2. The Kier molecular flexibility index (Phi) is 6.50. The van der Waals surface area contributed by atoms with Gasteiger partial charge in [-0.05, 0) is 42.0 Å². The monoisotopic (exact) mass is 404 g/mol. The first-order valence-corrected chi connectivity index (χ1v) is 9.20. The van der Waals surface area contributed by atoms with Crippen LogP contribution in [0.2, 0.25) is 10.0 Å². The number of amides is 2. The lowest BCUT2D eigenvalue weighted by atomic mass is 10.1. The molecule has 0 aliphatic carbocycles. The van der Waals surface area contributed by atoms with Crippen LogP contribution < -0.4 is 5.32 Å². The quantitative estimate of drug-likeness (QED) is 0.779. The molecule has 140 valence electrons. The van der Waals surface area contributed by atoms with E-state index < -0.39 is 0 Å². The number of rotatable bonds is 4. The van der Waals surface area contributed by atoms with E-state index in [-0.39, 0.29) is 11.8 Å². The van der Waals surface area contributed by atoms with Gasteiger partial charge < -0.3 is 15.0 Å². The van der Waals surface area contributed by atoms with E-state index in [0.717, 1.165) is 0 Å². The second-order valence-corrected chi connectivity index (χ2v) is 6.73. The van der Waals surface area contributed by atoms with Crippen LogP contribution in [0.4, 0.5) is 5.69 Å². The Morgan fingerprint density at radius 3 is 2.44 bits per heavy atom. The van der Waals surface area contributed by atoms with Crippen molar-refractivity contribution in [1.82, 2.24) is 4.90 Å². The first kappa shape index (κ1) is 19.4. The molecule has 0 aromatic heterocycles. The molecule has 3 rings (SSSR count). The number of nitrogens with zero attached hydrogens (tertiary/aromatic N) is 1. The van der Waals surface area contributed by atoms with E-state index in [1.807, 2.05) is 0 Å². The molecule has 1 saturated heterocycles. The summed E-state index contributed by atoms with van der Waals surface area (Å²) in [5.74, 6) is -0.343. The van der Waals surface area contributed by atoms with Crippen molar-refractivity contribution in [3.8, 4) is 0 Å². The lowest BCUT2D eigenvalue weighted by molar-refractivity contribution is -0.111. The molecule has 1 fully saturated rings. The molecule has 2 aromatic carbocycles. The van der Waals surface area contributed by atoms with Gasteiger partial charge in [0.05, 0.1) is 23.3 Å². The Hall–Kier alpha value is -2.34. The number of nitrogens with one attached hydrogen (secondary N) is 1. The van der Waals surface area contributed by atoms with Gasteiger partial charge in [-0.3, -0.25) is 9.59 Å². The van der Waals surface area contributed by atoms with E-state index in [0.29, 0.717) is 53.2 Å². The van der Waals surface area contributed by atoms with Gasteiger partial charge in [0, 0.05) is 30.4 Å². The fraction of sp³-hybridized carbons (Fsp3) is 0.200. The van der Waals surface area contributed by atoms with E-state index in [1.165, 1.54) is 6.08 Å². The van der Waals surface area contributed by atoms with Crippen LogP contribution in [0.25, 0.3) is 6.08 Å². The molecule has 0 saturated carbocycles. The van der Waals surface area contributed by atoms with Crippen molar-refractivity contribution in [2.45, 2.75) is 0 Å². The first-order chi connectivity index (χ1) is 13.0. The first-order valence-electron chi connectivity index (χ1n) is 8.45. The highest BCUT2D eigenvalue weighted by Gasteiger charge is 2.18. The molecular formula is C20H18Cl2N2O3. The van der Waals surface area contributed by atoms with Crippen LogP contribution in [0.1, 0.15) is 15.9 Å². The molecule has 27 heavy (non-hydrogen) atoms. The summed E-state index contributed by atoms with van der Waals surface area (Å²) in [7, 11) is 0. The van der Waals surface area contributed by atoms with Crippen molar-refractivity contribution in [2.24, 2.45) is 0 Å². The van der Waals surface area contributed by atoms with Gasteiger partial charge in [0.1, 0.15) is 0 Å². The Labute approximate surface area is 167 Å². The van der Waals surface area contributed by atoms with Gasteiger partial charge in [-0.15, -0.1) is 0 Å². The highest BCUT2D eigenvalue weighted by Crippen LogP contribution is 2.26. The smallest absolute Gasteiger partial charge is 0.254 e. The summed E-state index contributed by atoms with van der Waals surface area (Å²) < 4.78 is 5.25. The highest BCUT2D eigenvalue weighted by atomic mass is 35.5. The third kappa shape index (κ3) is 5.10. The molecule has 0 bridgehead atoms. The third-order valence-corrected chi connectivity index (χ3v) is 4.93. The molecule has 0 spiro atoms. The van der Waals surface area contributed by atoms with E-state index in [2.05, 4.69) is 5.32 Å². The second-order valence-electron chi connectivity index (χ2n) is 5.95. The lowest BCUT2D eigenvalue weighted by Crippen LogP contribution is -2.40. The highest BCUT2D eigenvalue weighted by molar-refractivity contribution is 6.42. The average Bonchev–Trinajstić information content (AvgIpc) is 2.70. The van der Waals surface area contributed by atoms with E-state index in [4.69, 9.17) is 27.9 Å². The molecule has 0 atom stereocenters. The number of hydrogen-bond acceptors (Lipinski definition) is 3. The number of ether oxygens (including phenoxy) is 1. The molecule has 2 amide bonds. The molecule has 1 N–H and O–H groups in total. The predicted octanol–water partition coefficient (Wildman–Crippen LogP) is 4.12. The minimum Gasteiger partial charge on any atom is -0.378 e. The van der Waals surface area contributed by atoms with Crippen LogP contribution in [-0.4, -0.2) is 43.0 Å². The van der Waals surface area contributed by atoms with Crippen molar-refractivity contribution in [2.75, 3.05) is 31.6 Å². The van der Waals surface area contributed by atoms with Crippen LogP contribution in [-0.2, 0) is 9.53 Å². The molecule has 1 aliphatic heterocycles. The molecule has 1 aliphatic rings. The van der Waals surface area contributed by atoms with Crippen LogP contribution in [0.15, 0.2) is 48.5 Å². The topological polar surface area (TPSA) is 58.6 Å². The summed E-state index contributed by atoms with van der Waals surface area (Å²) in [6.07, 6.45) is 2.98. The summed E-state index contributed by atoms with van der Waals surface area (Å²) in [4.78, 5) is 26.2. The van der Waals surface area contributed by atoms with Crippen LogP contribution in [0, 0.1) is 0 Å². The standard InChI is InChI=1S/C20H18Cl2N2O3/c21-17-3-1-2-14(19(17)22)6-9-18(25)23-16-7-4-15(5-8-16)20(26)24-10-12-27-13-11-24/h1-9H,10-13H2,(H,23,25)/b9-6+. The van der Waals surface area contributed by atoms with Gasteiger partial charge in [0.2, 0.25) is 5.91 Å². The lowest BCUT2D eigenvalue weighted by Gasteiger charge is -2.26. The summed E-state index contributed by atoms with van der Waals surface area (Å²) >= 11 is 12.0. The van der Waals surface area contributed by atoms with Crippen LogP contribution >= 0.6 is 23.2 Å². The number of carbonyl (C=O) groups is 2. The number of hydrogen-bond donors (Lipinski definition) is 1.